The second-order valence-electron chi connectivity index (χ2n) is 10.9. The molecule has 1 fully saturated rings. The molecule has 0 saturated carbocycles. The minimum Gasteiger partial charge on any atom is -0.478 e. The second-order valence-corrected chi connectivity index (χ2v) is 10.9. The van der Waals surface area contributed by atoms with Crippen molar-refractivity contribution >= 4 is 23.1 Å². The lowest BCUT2D eigenvalue weighted by atomic mass is 9.76. The molecule has 1 aliphatic heterocycles. The van der Waals surface area contributed by atoms with Gasteiger partial charge in [-0.2, -0.15) is 0 Å². The van der Waals surface area contributed by atoms with Gasteiger partial charge in [-0.3, -0.25) is 13.9 Å². The summed E-state index contributed by atoms with van der Waals surface area (Å²) in [7, 11) is 3.10. The predicted octanol–water partition coefficient (Wildman–Crippen LogP) is 3.36. The van der Waals surface area contributed by atoms with Crippen LogP contribution in [0.4, 0.5) is 8.78 Å². The lowest BCUT2D eigenvalue weighted by Crippen LogP contribution is -2.38. The molecule has 0 unspecified atom stereocenters. The Labute approximate surface area is 257 Å². The number of carbonyl (C=O) groups is 2. The highest BCUT2D eigenvalue weighted by atomic mass is 19.1. The first kappa shape index (κ1) is 33.0. The maximum Gasteiger partial charge on any atom is 0.332 e. The zero-order chi connectivity index (χ0) is 32.7. The third kappa shape index (κ3) is 8.18. The fourth-order valence-corrected chi connectivity index (χ4v) is 5.76. The average molecular weight is 624 g/mol. The Kier molecular flexibility index (Phi) is 10.8. The van der Waals surface area contributed by atoms with Crippen molar-refractivity contribution in [1.29, 1.82) is 0 Å². The van der Waals surface area contributed by atoms with E-state index >= 15 is 0 Å². The number of carboxylic acids is 2. The van der Waals surface area contributed by atoms with Gasteiger partial charge in [-0.1, -0.05) is 24.3 Å². The van der Waals surface area contributed by atoms with Crippen molar-refractivity contribution in [3.63, 3.8) is 0 Å². The third-order valence-corrected chi connectivity index (χ3v) is 8.02. The number of rotatable bonds is 9. The van der Waals surface area contributed by atoms with Crippen molar-refractivity contribution in [2.24, 2.45) is 20.0 Å². The molecule has 0 bridgehead atoms. The van der Waals surface area contributed by atoms with E-state index in [1.54, 1.807) is 13.4 Å². The average Bonchev–Trinajstić information content (AvgIpc) is 3.45. The number of hydrogen-bond acceptors (Lipinski definition) is 6. The molecular weight excluding hydrogens is 588 g/mol. The fourth-order valence-electron chi connectivity index (χ4n) is 5.76. The highest BCUT2D eigenvalue weighted by Crippen LogP contribution is 2.38. The molecule has 2 N–H and O–H groups in total. The molecule has 0 atom stereocenters. The third-order valence-electron chi connectivity index (χ3n) is 8.02. The number of aromatic nitrogens is 4. The summed E-state index contributed by atoms with van der Waals surface area (Å²) in [6.45, 7) is 3.39. The maximum atomic E-state index is 13.6. The fraction of sp³-hybridized carbons (Fsp3) is 0.344. The van der Waals surface area contributed by atoms with Gasteiger partial charge in [0.05, 0.1) is 6.33 Å². The van der Waals surface area contributed by atoms with Crippen LogP contribution in [0, 0.1) is 17.6 Å². The monoisotopic (exact) mass is 623 g/mol. The number of carboxylic acid groups (broad SMARTS) is 2. The van der Waals surface area contributed by atoms with Gasteiger partial charge in [0.15, 0.2) is 11.2 Å². The van der Waals surface area contributed by atoms with E-state index in [1.807, 2.05) is 28.8 Å². The molecule has 0 radical (unpaired) electrons. The summed E-state index contributed by atoms with van der Waals surface area (Å²) in [6.07, 6.45) is 5.56. The van der Waals surface area contributed by atoms with Gasteiger partial charge >= 0.3 is 17.6 Å². The van der Waals surface area contributed by atoms with Crippen molar-refractivity contribution < 1.29 is 28.6 Å². The number of aryl methyl sites for hydroxylation is 2. The van der Waals surface area contributed by atoms with Gasteiger partial charge in [-0.15, -0.1) is 0 Å². The number of piperidine rings is 1. The molecule has 13 heteroatoms. The maximum absolute atomic E-state index is 13.6. The van der Waals surface area contributed by atoms with Gasteiger partial charge in [0.25, 0.3) is 5.56 Å². The van der Waals surface area contributed by atoms with Gasteiger partial charge in [0.1, 0.15) is 11.6 Å². The predicted molar refractivity (Wildman–Crippen MR) is 163 cm³/mol. The molecule has 238 valence electrons. The molecule has 0 amide bonds. The van der Waals surface area contributed by atoms with Crippen LogP contribution >= 0.6 is 0 Å². The number of fused-ring (bicyclic) bond motifs is 1. The summed E-state index contributed by atoms with van der Waals surface area (Å²) in [5, 5.41) is 15.6. The van der Waals surface area contributed by atoms with Crippen molar-refractivity contribution in [3.05, 3.63) is 111 Å². The Hall–Kier alpha value is -4.91. The molecule has 11 nitrogen and oxygen atoms in total. The molecule has 1 aliphatic rings. The van der Waals surface area contributed by atoms with Crippen LogP contribution < -0.4 is 11.2 Å². The Balaban J connectivity index is 0.000000510. The lowest BCUT2D eigenvalue weighted by molar-refractivity contribution is -0.134. The van der Waals surface area contributed by atoms with Crippen molar-refractivity contribution in [3.8, 4) is 0 Å². The first-order chi connectivity index (χ1) is 21.5. The van der Waals surface area contributed by atoms with Crippen LogP contribution in [-0.4, -0.2) is 65.4 Å². The van der Waals surface area contributed by atoms with Crippen molar-refractivity contribution in [1.82, 2.24) is 23.6 Å². The summed E-state index contributed by atoms with van der Waals surface area (Å²) < 4.78 is 31.5. The SMILES string of the molecule is Cn1c(=O)c2c(ncn2CCCN2CCC(C(c3ccc(F)cc3)c3ccc(F)cc3)CC2)n(C)c1=O.O=C(O)/C=C/C(=O)O. The van der Waals surface area contributed by atoms with Crippen LogP contribution in [0.2, 0.25) is 0 Å². The van der Waals surface area contributed by atoms with Crippen molar-refractivity contribution in [2.75, 3.05) is 19.6 Å². The topological polar surface area (TPSA) is 140 Å². The Bertz CT molecular complexity index is 1720. The Morgan fingerprint density at radius 2 is 1.38 bits per heavy atom. The highest BCUT2D eigenvalue weighted by molar-refractivity contribution is 5.89. The van der Waals surface area contributed by atoms with E-state index in [0.717, 1.165) is 54.6 Å². The van der Waals surface area contributed by atoms with E-state index in [4.69, 9.17) is 10.2 Å². The normalized spacial score (nSPS) is 14.2. The second kappa shape index (κ2) is 14.7. The summed E-state index contributed by atoms with van der Waals surface area (Å²) in [5.41, 5.74) is 2.24. The number of aliphatic carboxylic acids is 2. The van der Waals surface area contributed by atoms with Gasteiger partial charge in [-0.25, -0.2) is 28.1 Å². The Morgan fingerprint density at radius 1 is 0.867 bits per heavy atom. The molecule has 3 heterocycles. The van der Waals surface area contributed by atoms with E-state index in [9.17, 15) is 28.0 Å². The lowest BCUT2D eigenvalue weighted by Gasteiger charge is -2.36. The van der Waals surface area contributed by atoms with Crippen LogP contribution in [0.25, 0.3) is 11.2 Å². The van der Waals surface area contributed by atoms with Crippen LogP contribution in [0.3, 0.4) is 0 Å². The molecule has 4 aromatic rings. The molecule has 2 aromatic carbocycles. The van der Waals surface area contributed by atoms with E-state index in [-0.39, 0.29) is 28.8 Å². The van der Waals surface area contributed by atoms with E-state index in [1.165, 1.54) is 35.9 Å². The molecule has 0 spiro atoms. The van der Waals surface area contributed by atoms with E-state index < -0.39 is 11.9 Å². The zero-order valence-corrected chi connectivity index (χ0v) is 25.0. The van der Waals surface area contributed by atoms with Crippen LogP contribution in [0.5, 0.6) is 0 Å². The van der Waals surface area contributed by atoms with Crippen molar-refractivity contribution in [2.45, 2.75) is 31.7 Å². The zero-order valence-electron chi connectivity index (χ0n) is 25.0. The van der Waals surface area contributed by atoms with Gasteiger partial charge in [0, 0.05) is 38.7 Å². The molecular formula is C32H35F2N5O6. The molecule has 0 aliphatic carbocycles. The molecule has 45 heavy (non-hydrogen) atoms. The van der Waals surface area contributed by atoms with Crippen LogP contribution in [0.1, 0.15) is 36.3 Å². The van der Waals surface area contributed by atoms with E-state index in [0.29, 0.717) is 35.8 Å². The Morgan fingerprint density at radius 3 is 1.87 bits per heavy atom. The summed E-state index contributed by atoms with van der Waals surface area (Å²) in [5.74, 6) is -2.58. The van der Waals surface area contributed by atoms with Gasteiger partial charge < -0.3 is 19.7 Å². The minimum absolute atomic E-state index is 0.0866. The quantitative estimate of drug-likeness (QED) is 0.271. The first-order valence-electron chi connectivity index (χ1n) is 14.4. The molecule has 2 aromatic heterocycles. The minimum atomic E-state index is -1.26. The summed E-state index contributed by atoms with van der Waals surface area (Å²) in [4.78, 5) is 50.6. The standard InChI is InChI=1S/C28H31F2N5O2.C4H4O4/c1-32-26-25(27(36)33(2)28(32)37)35(18-31-26)15-3-14-34-16-12-21(13-17-34)24(19-4-8-22(29)9-5-19)20-6-10-23(30)11-7-20;5-3(6)1-2-4(7)8/h4-11,18,21,24H,3,12-17H2,1-2H3;1-2H,(H,5,6)(H,7,8)/b;2-1+. The van der Waals surface area contributed by atoms with Crippen LogP contribution in [0.15, 0.2) is 76.6 Å². The molecule has 1 saturated heterocycles. The number of halogens is 2. The first-order valence-corrected chi connectivity index (χ1v) is 14.4. The molecule has 5 rings (SSSR count). The number of hydrogen-bond donors (Lipinski definition) is 2. The van der Waals surface area contributed by atoms with E-state index in [2.05, 4.69) is 9.88 Å². The summed E-state index contributed by atoms with van der Waals surface area (Å²) in [6, 6.07) is 13.3. The smallest absolute Gasteiger partial charge is 0.332 e. The van der Waals surface area contributed by atoms with Crippen LogP contribution in [-0.2, 0) is 30.2 Å². The van der Waals surface area contributed by atoms with Gasteiger partial charge in [0.2, 0.25) is 0 Å². The number of likely N-dealkylation sites (tertiary alicyclic amines) is 1. The largest absolute Gasteiger partial charge is 0.478 e. The number of imidazole rings is 1. The van der Waals surface area contributed by atoms with Gasteiger partial charge in [-0.05, 0) is 80.2 Å². The number of benzene rings is 2. The highest BCUT2D eigenvalue weighted by Gasteiger charge is 2.29. The summed E-state index contributed by atoms with van der Waals surface area (Å²) >= 11 is 0. The number of nitrogens with zero attached hydrogens (tertiary/aromatic N) is 5.